The van der Waals surface area contributed by atoms with Crippen LogP contribution in [0.4, 0.5) is 5.69 Å². The fraction of sp³-hybridized carbons (Fsp3) is 0.185. The maximum absolute atomic E-state index is 12.8. The molecule has 182 valence electrons. The third-order valence-corrected chi connectivity index (χ3v) is 7.34. The number of hydrogen-bond acceptors (Lipinski definition) is 6. The van der Waals surface area contributed by atoms with Crippen LogP contribution in [0.2, 0.25) is 5.02 Å². The molecule has 0 fully saturated rings. The number of nitrogens with one attached hydrogen (secondary N) is 1. The third kappa shape index (κ3) is 5.29. The van der Waals surface area contributed by atoms with Gasteiger partial charge in [-0.25, -0.2) is 5.01 Å². The zero-order valence-electron chi connectivity index (χ0n) is 19.4. The number of aliphatic imine (C=N–C) groups is 1. The van der Waals surface area contributed by atoms with E-state index in [0.29, 0.717) is 22.3 Å². The molecule has 0 radical (unpaired) electrons. The Morgan fingerprint density at radius 1 is 1.08 bits per heavy atom. The molecular formula is C27H23ClN4O3S. The number of carbonyl (C=O) groups excluding carboxylic acids is 2. The van der Waals surface area contributed by atoms with Gasteiger partial charge in [-0.05, 0) is 47.5 Å². The second kappa shape index (κ2) is 10.6. The van der Waals surface area contributed by atoms with Gasteiger partial charge in [-0.15, -0.1) is 0 Å². The maximum Gasteiger partial charge on any atom is 0.262 e. The average molecular weight is 519 g/mol. The third-order valence-electron chi connectivity index (χ3n) is 5.94. The largest absolute Gasteiger partial charge is 0.497 e. The predicted molar refractivity (Wildman–Crippen MR) is 144 cm³/mol. The lowest BCUT2D eigenvalue weighted by atomic mass is 9.98. The number of rotatable bonds is 6. The molecule has 2 aliphatic heterocycles. The SMILES string of the molecule is COc1ccc(C2CC(c3ccccc3)=NN2C2=NC(=O)C(CC(=O)Nc3ccc(Cl)cc3)S2)cc1. The van der Waals surface area contributed by atoms with E-state index in [2.05, 4.69) is 10.3 Å². The monoisotopic (exact) mass is 518 g/mol. The average Bonchev–Trinajstić information content (AvgIpc) is 3.50. The van der Waals surface area contributed by atoms with E-state index in [9.17, 15) is 9.59 Å². The van der Waals surface area contributed by atoms with Gasteiger partial charge >= 0.3 is 0 Å². The van der Waals surface area contributed by atoms with Crippen molar-refractivity contribution in [2.75, 3.05) is 12.4 Å². The summed E-state index contributed by atoms with van der Waals surface area (Å²) in [4.78, 5) is 29.6. The number of hydrazone groups is 1. The molecule has 3 aromatic rings. The number of halogens is 1. The summed E-state index contributed by atoms with van der Waals surface area (Å²) in [7, 11) is 1.63. The summed E-state index contributed by atoms with van der Waals surface area (Å²) in [5.74, 6) is 0.168. The van der Waals surface area contributed by atoms with Gasteiger partial charge in [0.25, 0.3) is 5.91 Å². The number of nitrogens with zero attached hydrogens (tertiary/aromatic N) is 3. The highest BCUT2D eigenvalue weighted by molar-refractivity contribution is 8.15. The molecule has 36 heavy (non-hydrogen) atoms. The molecule has 0 spiro atoms. The summed E-state index contributed by atoms with van der Waals surface area (Å²) in [6, 6.07) is 24.5. The minimum atomic E-state index is -0.611. The van der Waals surface area contributed by atoms with Crippen molar-refractivity contribution in [1.82, 2.24) is 5.01 Å². The van der Waals surface area contributed by atoms with Gasteiger partial charge in [-0.3, -0.25) is 9.59 Å². The second-order valence-electron chi connectivity index (χ2n) is 8.35. The molecule has 0 aromatic heterocycles. The standard InChI is InChI=1S/C27H23ClN4O3S/c1-35-21-13-7-18(8-14-21)23-15-22(17-5-3-2-4-6-17)31-32(23)27-30-26(34)24(36-27)16-25(33)29-20-11-9-19(28)10-12-20/h2-14,23-24H,15-16H2,1H3,(H,29,33). The first kappa shape index (κ1) is 24.1. The van der Waals surface area contributed by atoms with E-state index in [1.165, 1.54) is 11.8 Å². The first-order valence-corrected chi connectivity index (χ1v) is 12.7. The smallest absolute Gasteiger partial charge is 0.262 e. The number of ether oxygens (including phenoxy) is 1. The Kier molecular flexibility index (Phi) is 7.06. The van der Waals surface area contributed by atoms with Crippen LogP contribution in [-0.2, 0) is 9.59 Å². The minimum Gasteiger partial charge on any atom is -0.497 e. The van der Waals surface area contributed by atoms with E-state index in [0.717, 1.165) is 22.6 Å². The topological polar surface area (TPSA) is 83.4 Å². The summed E-state index contributed by atoms with van der Waals surface area (Å²) in [6.07, 6.45) is 0.668. The van der Waals surface area contributed by atoms with Gasteiger partial charge in [0.2, 0.25) is 5.91 Å². The van der Waals surface area contributed by atoms with Crippen LogP contribution in [0.3, 0.4) is 0 Å². The van der Waals surface area contributed by atoms with Gasteiger partial charge in [0, 0.05) is 23.6 Å². The van der Waals surface area contributed by atoms with Crippen molar-refractivity contribution in [1.29, 1.82) is 0 Å². The molecule has 5 rings (SSSR count). The minimum absolute atomic E-state index is 0.00935. The Labute approximate surface area is 218 Å². The molecule has 0 bridgehead atoms. The second-order valence-corrected chi connectivity index (χ2v) is 9.95. The van der Waals surface area contributed by atoms with E-state index < -0.39 is 5.25 Å². The zero-order valence-corrected chi connectivity index (χ0v) is 21.0. The number of thioether (sulfide) groups is 1. The molecular weight excluding hydrogens is 496 g/mol. The Balaban J connectivity index is 1.34. The van der Waals surface area contributed by atoms with Crippen LogP contribution in [0.1, 0.15) is 30.0 Å². The van der Waals surface area contributed by atoms with E-state index >= 15 is 0 Å². The summed E-state index contributed by atoms with van der Waals surface area (Å²) in [5.41, 5.74) is 3.59. The Hall–Kier alpha value is -3.62. The molecule has 2 aliphatic rings. The molecule has 3 aromatic carbocycles. The summed E-state index contributed by atoms with van der Waals surface area (Å²) in [6.45, 7) is 0. The van der Waals surface area contributed by atoms with Gasteiger partial charge < -0.3 is 10.1 Å². The lowest BCUT2D eigenvalue weighted by Crippen LogP contribution is -2.25. The highest BCUT2D eigenvalue weighted by Gasteiger charge is 2.39. The van der Waals surface area contributed by atoms with Crippen LogP contribution in [0, 0.1) is 0 Å². The normalized spacial score (nSPS) is 19.2. The lowest BCUT2D eigenvalue weighted by molar-refractivity contribution is -0.121. The highest BCUT2D eigenvalue weighted by Crippen LogP contribution is 2.39. The van der Waals surface area contributed by atoms with Crippen LogP contribution < -0.4 is 10.1 Å². The van der Waals surface area contributed by atoms with Crippen LogP contribution in [0.5, 0.6) is 5.75 Å². The van der Waals surface area contributed by atoms with E-state index in [1.54, 1.807) is 31.4 Å². The lowest BCUT2D eigenvalue weighted by Gasteiger charge is -2.23. The molecule has 2 unspecified atom stereocenters. The molecule has 9 heteroatoms. The van der Waals surface area contributed by atoms with Crippen molar-refractivity contribution in [2.45, 2.75) is 24.1 Å². The van der Waals surface area contributed by atoms with E-state index in [1.807, 2.05) is 59.6 Å². The molecule has 7 nitrogen and oxygen atoms in total. The number of methoxy groups -OCH3 is 1. The molecule has 0 aliphatic carbocycles. The van der Waals surface area contributed by atoms with Crippen molar-refractivity contribution in [3.05, 3.63) is 95.0 Å². The van der Waals surface area contributed by atoms with Crippen LogP contribution >= 0.6 is 23.4 Å². The Bertz CT molecular complexity index is 1330. The number of carbonyl (C=O) groups is 2. The van der Waals surface area contributed by atoms with Gasteiger partial charge in [-0.2, -0.15) is 10.1 Å². The summed E-state index contributed by atoms with van der Waals surface area (Å²) < 4.78 is 5.30. The van der Waals surface area contributed by atoms with Crippen molar-refractivity contribution in [3.63, 3.8) is 0 Å². The fourth-order valence-corrected chi connectivity index (χ4v) is 5.28. The number of amides is 2. The Morgan fingerprint density at radius 2 is 1.81 bits per heavy atom. The summed E-state index contributed by atoms with van der Waals surface area (Å²) in [5, 5.41) is 9.95. The van der Waals surface area contributed by atoms with E-state index in [-0.39, 0.29) is 24.3 Å². The van der Waals surface area contributed by atoms with Crippen molar-refractivity contribution in [2.24, 2.45) is 10.1 Å². The molecule has 2 amide bonds. The zero-order chi connectivity index (χ0) is 25.1. The van der Waals surface area contributed by atoms with Crippen LogP contribution in [-0.4, -0.2) is 40.1 Å². The molecule has 2 heterocycles. The number of anilines is 1. The van der Waals surface area contributed by atoms with Gasteiger partial charge in [0.1, 0.15) is 11.0 Å². The van der Waals surface area contributed by atoms with Crippen molar-refractivity contribution >= 4 is 51.7 Å². The first-order valence-electron chi connectivity index (χ1n) is 11.4. The first-order chi connectivity index (χ1) is 17.5. The van der Waals surface area contributed by atoms with Gasteiger partial charge in [0.15, 0.2) is 5.17 Å². The molecule has 0 saturated heterocycles. The quantitative estimate of drug-likeness (QED) is 0.464. The fourth-order valence-electron chi connectivity index (χ4n) is 4.10. The van der Waals surface area contributed by atoms with Crippen LogP contribution in [0.25, 0.3) is 0 Å². The number of benzene rings is 3. The predicted octanol–water partition coefficient (Wildman–Crippen LogP) is 5.53. The van der Waals surface area contributed by atoms with Gasteiger partial charge in [0.05, 0.1) is 18.9 Å². The molecule has 0 saturated carbocycles. The van der Waals surface area contributed by atoms with Crippen LogP contribution in [0.15, 0.2) is 89.0 Å². The maximum atomic E-state index is 12.8. The number of hydrogen-bond donors (Lipinski definition) is 1. The summed E-state index contributed by atoms with van der Waals surface area (Å²) >= 11 is 7.18. The Morgan fingerprint density at radius 3 is 2.50 bits per heavy atom. The van der Waals surface area contributed by atoms with E-state index in [4.69, 9.17) is 21.4 Å². The molecule has 1 N–H and O–H groups in total. The van der Waals surface area contributed by atoms with Gasteiger partial charge in [-0.1, -0.05) is 65.8 Å². The highest BCUT2D eigenvalue weighted by atomic mass is 35.5. The molecule has 2 atom stereocenters. The van der Waals surface area contributed by atoms with Crippen molar-refractivity contribution < 1.29 is 14.3 Å². The number of amidine groups is 1. The van der Waals surface area contributed by atoms with Crippen molar-refractivity contribution in [3.8, 4) is 5.75 Å².